The summed E-state index contributed by atoms with van der Waals surface area (Å²) >= 11 is 0. The lowest BCUT2D eigenvalue weighted by atomic mass is 9.99. The predicted molar refractivity (Wildman–Crippen MR) is 69.7 cm³/mol. The standard InChI is InChI=1S/C13H20N4O2/c1-9-4-6-16(7-5-9)12(19)8-17-10(2)13(11(3)18)14-15-17/h9H,4-8H2,1-3H3. The van der Waals surface area contributed by atoms with Crippen molar-refractivity contribution in [1.82, 2.24) is 19.9 Å². The van der Waals surface area contributed by atoms with Gasteiger partial charge in [-0.2, -0.15) is 0 Å². The van der Waals surface area contributed by atoms with Gasteiger partial charge in [0.15, 0.2) is 11.5 Å². The summed E-state index contributed by atoms with van der Waals surface area (Å²) in [6, 6.07) is 0. The zero-order chi connectivity index (χ0) is 14.0. The van der Waals surface area contributed by atoms with Crippen LogP contribution in [0.2, 0.25) is 0 Å². The fraction of sp³-hybridized carbons (Fsp3) is 0.692. The van der Waals surface area contributed by atoms with E-state index in [1.165, 1.54) is 11.6 Å². The number of piperidine rings is 1. The molecular formula is C13H20N4O2. The number of aromatic nitrogens is 3. The number of carbonyl (C=O) groups excluding carboxylic acids is 2. The maximum atomic E-state index is 12.2. The molecule has 0 saturated carbocycles. The molecule has 104 valence electrons. The Hall–Kier alpha value is -1.72. The van der Waals surface area contributed by atoms with E-state index in [4.69, 9.17) is 0 Å². The van der Waals surface area contributed by atoms with E-state index in [2.05, 4.69) is 17.2 Å². The van der Waals surface area contributed by atoms with Crippen molar-refractivity contribution in [3.05, 3.63) is 11.4 Å². The van der Waals surface area contributed by atoms with Gasteiger partial charge in [-0.15, -0.1) is 5.10 Å². The monoisotopic (exact) mass is 264 g/mol. The van der Waals surface area contributed by atoms with Crippen molar-refractivity contribution in [3.63, 3.8) is 0 Å². The van der Waals surface area contributed by atoms with Crippen molar-refractivity contribution < 1.29 is 9.59 Å². The lowest BCUT2D eigenvalue weighted by Crippen LogP contribution is -2.40. The highest BCUT2D eigenvalue weighted by atomic mass is 16.2. The molecule has 1 aromatic rings. The molecule has 2 rings (SSSR count). The minimum Gasteiger partial charge on any atom is -0.341 e. The van der Waals surface area contributed by atoms with Gasteiger partial charge in [0.25, 0.3) is 0 Å². The molecule has 0 bridgehead atoms. The highest BCUT2D eigenvalue weighted by molar-refractivity contribution is 5.93. The molecular weight excluding hydrogens is 244 g/mol. The molecule has 1 aromatic heterocycles. The van der Waals surface area contributed by atoms with E-state index >= 15 is 0 Å². The number of hydrogen-bond acceptors (Lipinski definition) is 4. The molecule has 0 atom stereocenters. The lowest BCUT2D eigenvalue weighted by molar-refractivity contribution is -0.133. The van der Waals surface area contributed by atoms with Crippen molar-refractivity contribution >= 4 is 11.7 Å². The van der Waals surface area contributed by atoms with Crippen molar-refractivity contribution in [2.75, 3.05) is 13.1 Å². The van der Waals surface area contributed by atoms with E-state index in [0.717, 1.165) is 25.9 Å². The summed E-state index contributed by atoms with van der Waals surface area (Å²) in [5.74, 6) is 0.625. The number of hydrogen-bond donors (Lipinski definition) is 0. The Bertz CT molecular complexity index is 487. The van der Waals surface area contributed by atoms with Crippen LogP contribution in [0.25, 0.3) is 0 Å². The second kappa shape index (κ2) is 5.50. The highest BCUT2D eigenvalue weighted by Gasteiger charge is 2.22. The third-order valence-electron chi connectivity index (χ3n) is 3.74. The van der Waals surface area contributed by atoms with Crippen molar-refractivity contribution in [1.29, 1.82) is 0 Å². The summed E-state index contributed by atoms with van der Waals surface area (Å²) in [6.07, 6.45) is 2.11. The van der Waals surface area contributed by atoms with E-state index in [9.17, 15) is 9.59 Å². The summed E-state index contributed by atoms with van der Waals surface area (Å²) in [5, 5.41) is 7.70. The molecule has 2 heterocycles. The van der Waals surface area contributed by atoms with E-state index in [1.54, 1.807) is 6.92 Å². The van der Waals surface area contributed by atoms with Crippen LogP contribution in [0.4, 0.5) is 0 Å². The van der Waals surface area contributed by atoms with Gasteiger partial charge in [-0.1, -0.05) is 12.1 Å². The van der Waals surface area contributed by atoms with Crippen LogP contribution in [0.15, 0.2) is 0 Å². The summed E-state index contributed by atoms with van der Waals surface area (Å²) in [4.78, 5) is 25.3. The fourth-order valence-corrected chi connectivity index (χ4v) is 2.32. The average molecular weight is 264 g/mol. The van der Waals surface area contributed by atoms with Crippen molar-refractivity contribution in [3.8, 4) is 0 Å². The lowest BCUT2D eigenvalue weighted by Gasteiger charge is -2.30. The van der Waals surface area contributed by atoms with Gasteiger partial charge in [-0.25, -0.2) is 4.68 Å². The van der Waals surface area contributed by atoms with Crippen LogP contribution in [0.3, 0.4) is 0 Å². The minimum absolute atomic E-state index is 0.0509. The zero-order valence-electron chi connectivity index (χ0n) is 11.7. The normalized spacial score (nSPS) is 16.7. The van der Waals surface area contributed by atoms with Gasteiger partial charge in [-0.3, -0.25) is 9.59 Å². The molecule has 1 amide bonds. The minimum atomic E-state index is -0.122. The molecule has 0 aliphatic carbocycles. The molecule has 1 aliphatic heterocycles. The molecule has 6 nitrogen and oxygen atoms in total. The largest absolute Gasteiger partial charge is 0.341 e. The first-order valence-corrected chi connectivity index (χ1v) is 6.68. The molecule has 1 saturated heterocycles. The summed E-state index contributed by atoms with van der Waals surface area (Å²) in [5.41, 5.74) is 1.01. The molecule has 0 aromatic carbocycles. The zero-order valence-corrected chi connectivity index (χ0v) is 11.7. The highest BCUT2D eigenvalue weighted by Crippen LogP contribution is 2.16. The van der Waals surface area contributed by atoms with E-state index < -0.39 is 0 Å². The molecule has 6 heteroatoms. The summed E-state index contributed by atoms with van der Waals surface area (Å²) in [7, 11) is 0. The van der Waals surface area contributed by atoms with E-state index in [0.29, 0.717) is 17.3 Å². The Morgan fingerprint density at radius 3 is 2.47 bits per heavy atom. The number of carbonyl (C=O) groups is 2. The van der Waals surface area contributed by atoms with Crippen LogP contribution >= 0.6 is 0 Å². The van der Waals surface area contributed by atoms with Crippen LogP contribution in [0.5, 0.6) is 0 Å². The number of likely N-dealkylation sites (tertiary alicyclic amines) is 1. The van der Waals surface area contributed by atoms with Gasteiger partial charge in [0.2, 0.25) is 5.91 Å². The Labute approximate surface area is 112 Å². The van der Waals surface area contributed by atoms with Gasteiger partial charge in [0.1, 0.15) is 6.54 Å². The maximum absolute atomic E-state index is 12.2. The van der Waals surface area contributed by atoms with Crippen LogP contribution in [-0.4, -0.2) is 44.7 Å². The number of nitrogens with zero attached hydrogens (tertiary/aromatic N) is 4. The molecule has 0 N–H and O–H groups in total. The predicted octanol–water partition coefficient (Wildman–Crippen LogP) is 1.05. The van der Waals surface area contributed by atoms with Crippen molar-refractivity contribution in [2.24, 2.45) is 5.92 Å². The Balaban J connectivity index is 2.01. The Morgan fingerprint density at radius 1 is 1.32 bits per heavy atom. The average Bonchev–Trinajstić information content (AvgIpc) is 2.72. The van der Waals surface area contributed by atoms with Crippen LogP contribution < -0.4 is 0 Å². The second-order valence-electron chi connectivity index (χ2n) is 5.30. The first kappa shape index (κ1) is 13.7. The number of amides is 1. The number of rotatable bonds is 3. The molecule has 0 radical (unpaired) electrons. The Kier molecular flexibility index (Phi) is 3.97. The second-order valence-corrected chi connectivity index (χ2v) is 5.30. The fourth-order valence-electron chi connectivity index (χ4n) is 2.32. The van der Waals surface area contributed by atoms with E-state index in [1.807, 2.05) is 4.90 Å². The summed E-state index contributed by atoms with van der Waals surface area (Å²) in [6.45, 7) is 7.22. The Morgan fingerprint density at radius 2 is 1.95 bits per heavy atom. The van der Waals surface area contributed by atoms with Crippen molar-refractivity contribution in [2.45, 2.75) is 40.2 Å². The van der Waals surface area contributed by atoms with Gasteiger partial charge in [0, 0.05) is 20.0 Å². The molecule has 1 fully saturated rings. The quantitative estimate of drug-likeness (QED) is 0.765. The first-order chi connectivity index (χ1) is 8.99. The van der Waals surface area contributed by atoms with Gasteiger partial charge >= 0.3 is 0 Å². The summed E-state index contributed by atoms with van der Waals surface area (Å²) < 4.78 is 1.51. The maximum Gasteiger partial charge on any atom is 0.244 e. The third kappa shape index (κ3) is 3.00. The smallest absolute Gasteiger partial charge is 0.244 e. The van der Waals surface area contributed by atoms with E-state index in [-0.39, 0.29) is 18.2 Å². The molecule has 19 heavy (non-hydrogen) atoms. The van der Waals surface area contributed by atoms with Gasteiger partial charge in [0.05, 0.1) is 5.69 Å². The van der Waals surface area contributed by atoms with Crippen LogP contribution in [0, 0.1) is 12.8 Å². The SMILES string of the molecule is CC(=O)c1nnn(CC(=O)N2CCC(C)CC2)c1C. The molecule has 1 aliphatic rings. The number of Topliss-reactive ketones (excluding diaryl/α,β-unsaturated/α-hetero) is 1. The van der Waals surface area contributed by atoms with Crippen LogP contribution in [-0.2, 0) is 11.3 Å². The molecule has 0 unspecified atom stereocenters. The topological polar surface area (TPSA) is 68.1 Å². The first-order valence-electron chi connectivity index (χ1n) is 6.68. The third-order valence-corrected chi connectivity index (χ3v) is 3.74. The van der Waals surface area contributed by atoms with Gasteiger partial charge < -0.3 is 4.90 Å². The van der Waals surface area contributed by atoms with Gasteiger partial charge in [-0.05, 0) is 25.7 Å². The van der Waals surface area contributed by atoms with Crippen LogP contribution in [0.1, 0.15) is 42.9 Å². The molecule has 0 spiro atoms. The number of ketones is 1.